The average molecular weight is 255 g/mol. The van der Waals surface area contributed by atoms with Gasteiger partial charge in [0, 0.05) is 17.8 Å². The lowest BCUT2D eigenvalue weighted by Crippen LogP contribution is -2.26. The number of aryl methyl sites for hydroxylation is 1. The van der Waals surface area contributed by atoms with Crippen molar-refractivity contribution in [3.63, 3.8) is 0 Å². The molecule has 19 heavy (non-hydrogen) atoms. The van der Waals surface area contributed by atoms with Crippen LogP contribution in [0.5, 0.6) is 0 Å². The van der Waals surface area contributed by atoms with E-state index in [1.54, 1.807) is 0 Å². The average Bonchev–Trinajstić information content (AvgIpc) is 3.11. The van der Waals surface area contributed by atoms with Crippen molar-refractivity contribution in [3.8, 4) is 11.1 Å². The fraction of sp³-hybridized carbons (Fsp3) is 0.438. The van der Waals surface area contributed by atoms with Crippen molar-refractivity contribution < 1.29 is 0 Å². The maximum absolute atomic E-state index is 4.48. The Morgan fingerprint density at radius 3 is 2.79 bits per heavy atom. The van der Waals surface area contributed by atoms with Crippen LogP contribution in [0.25, 0.3) is 11.1 Å². The van der Waals surface area contributed by atoms with E-state index in [4.69, 9.17) is 0 Å². The molecule has 0 amide bonds. The maximum atomic E-state index is 4.48. The van der Waals surface area contributed by atoms with Crippen LogP contribution in [0, 0.1) is 0 Å². The van der Waals surface area contributed by atoms with Gasteiger partial charge in [0.25, 0.3) is 0 Å². The van der Waals surface area contributed by atoms with Gasteiger partial charge in [-0.3, -0.25) is 4.68 Å². The predicted octanol–water partition coefficient (Wildman–Crippen LogP) is 2.86. The van der Waals surface area contributed by atoms with Crippen LogP contribution in [0.3, 0.4) is 0 Å². The molecule has 1 aromatic carbocycles. The molecule has 1 saturated heterocycles. The van der Waals surface area contributed by atoms with Gasteiger partial charge in [0.1, 0.15) is 0 Å². The Balaban J connectivity index is 1.72. The van der Waals surface area contributed by atoms with Crippen molar-refractivity contribution in [2.24, 2.45) is 0 Å². The molecule has 1 aliphatic rings. The van der Waals surface area contributed by atoms with Crippen molar-refractivity contribution in [1.29, 1.82) is 0 Å². The van der Waals surface area contributed by atoms with E-state index in [-0.39, 0.29) is 0 Å². The van der Waals surface area contributed by atoms with Crippen molar-refractivity contribution in [2.75, 3.05) is 6.54 Å². The molecule has 1 atom stereocenters. The second kappa shape index (κ2) is 5.57. The van der Waals surface area contributed by atoms with E-state index in [0.29, 0.717) is 6.04 Å². The third-order valence-electron chi connectivity index (χ3n) is 3.90. The van der Waals surface area contributed by atoms with Gasteiger partial charge in [-0.1, -0.05) is 31.2 Å². The van der Waals surface area contributed by atoms with E-state index in [9.17, 15) is 0 Å². The number of nitrogens with one attached hydrogen (secondary N) is 1. The minimum atomic E-state index is 0.593. The van der Waals surface area contributed by atoms with Crippen LogP contribution in [-0.4, -0.2) is 22.4 Å². The van der Waals surface area contributed by atoms with Gasteiger partial charge in [-0.15, -0.1) is 0 Å². The molecule has 1 aliphatic heterocycles. The van der Waals surface area contributed by atoms with Crippen LogP contribution in [0.4, 0.5) is 0 Å². The minimum absolute atomic E-state index is 0.593. The molecule has 1 fully saturated rings. The number of hydrogen-bond acceptors (Lipinski definition) is 2. The zero-order valence-corrected chi connectivity index (χ0v) is 11.5. The summed E-state index contributed by atoms with van der Waals surface area (Å²) in [5.41, 5.74) is 3.84. The molecule has 0 radical (unpaired) electrons. The highest BCUT2D eigenvalue weighted by atomic mass is 15.3. The highest BCUT2D eigenvalue weighted by Gasteiger charge is 2.14. The monoisotopic (exact) mass is 255 g/mol. The molecule has 3 heteroatoms. The molecule has 100 valence electrons. The van der Waals surface area contributed by atoms with Gasteiger partial charge in [-0.2, -0.15) is 5.10 Å². The molecule has 1 N–H and O–H groups in total. The summed E-state index contributed by atoms with van der Waals surface area (Å²) in [6.45, 7) is 4.31. The highest BCUT2D eigenvalue weighted by molar-refractivity contribution is 5.61. The Kier molecular flexibility index (Phi) is 3.65. The SMILES string of the molecule is CCc1ccc(-c2cnn(CC3CCCN3)c2)cc1. The topological polar surface area (TPSA) is 29.9 Å². The molecule has 0 saturated carbocycles. The number of nitrogens with zero attached hydrogens (tertiary/aromatic N) is 2. The zero-order chi connectivity index (χ0) is 13.1. The number of hydrogen-bond donors (Lipinski definition) is 1. The molecule has 0 bridgehead atoms. The normalized spacial score (nSPS) is 18.9. The van der Waals surface area contributed by atoms with E-state index in [0.717, 1.165) is 19.5 Å². The van der Waals surface area contributed by atoms with Gasteiger partial charge in [0.2, 0.25) is 0 Å². The summed E-state index contributed by atoms with van der Waals surface area (Å²) < 4.78 is 2.06. The summed E-state index contributed by atoms with van der Waals surface area (Å²) in [4.78, 5) is 0. The first-order chi connectivity index (χ1) is 9.35. The lowest BCUT2D eigenvalue weighted by Gasteiger charge is -2.09. The van der Waals surface area contributed by atoms with Gasteiger partial charge in [-0.25, -0.2) is 0 Å². The highest BCUT2D eigenvalue weighted by Crippen LogP contribution is 2.19. The van der Waals surface area contributed by atoms with Crippen molar-refractivity contribution in [2.45, 2.75) is 38.8 Å². The first kappa shape index (κ1) is 12.4. The zero-order valence-electron chi connectivity index (χ0n) is 11.5. The van der Waals surface area contributed by atoms with Gasteiger partial charge in [-0.05, 0) is 36.9 Å². The standard InChI is InChI=1S/C16H21N3/c1-2-13-5-7-14(8-6-13)15-10-18-19(11-15)12-16-4-3-9-17-16/h5-8,10-11,16-17H,2-4,9,12H2,1H3. The summed E-state index contributed by atoms with van der Waals surface area (Å²) in [7, 11) is 0. The minimum Gasteiger partial charge on any atom is -0.312 e. The third kappa shape index (κ3) is 2.87. The van der Waals surface area contributed by atoms with Crippen molar-refractivity contribution >= 4 is 0 Å². The van der Waals surface area contributed by atoms with Crippen LogP contribution in [0.2, 0.25) is 0 Å². The number of benzene rings is 1. The largest absolute Gasteiger partial charge is 0.312 e. The molecule has 0 spiro atoms. The van der Waals surface area contributed by atoms with E-state index >= 15 is 0 Å². The molecule has 3 nitrogen and oxygen atoms in total. The van der Waals surface area contributed by atoms with Gasteiger partial charge in [0.05, 0.1) is 12.7 Å². The summed E-state index contributed by atoms with van der Waals surface area (Å²) in [5.74, 6) is 0. The number of rotatable bonds is 4. The molecule has 3 rings (SSSR count). The first-order valence-electron chi connectivity index (χ1n) is 7.20. The maximum Gasteiger partial charge on any atom is 0.0568 e. The summed E-state index contributed by atoms with van der Waals surface area (Å²) in [5, 5.41) is 7.98. The van der Waals surface area contributed by atoms with Gasteiger partial charge in [0.15, 0.2) is 0 Å². The van der Waals surface area contributed by atoms with E-state index in [1.807, 2.05) is 6.20 Å². The second-order valence-electron chi connectivity index (χ2n) is 5.29. The Bertz CT molecular complexity index is 521. The van der Waals surface area contributed by atoms with Crippen LogP contribution < -0.4 is 5.32 Å². The van der Waals surface area contributed by atoms with E-state index in [1.165, 1.54) is 29.5 Å². The Hall–Kier alpha value is -1.61. The fourth-order valence-corrected chi connectivity index (χ4v) is 2.68. The van der Waals surface area contributed by atoms with E-state index < -0.39 is 0 Å². The van der Waals surface area contributed by atoms with Crippen molar-refractivity contribution in [1.82, 2.24) is 15.1 Å². The Labute approximate surface area is 114 Å². The van der Waals surface area contributed by atoms with Crippen LogP contribution >= 0.6 is 0 Å². The molecule has 1 aromatic heterocycles. The van der Waals surface area contributed by atoms with Crippen LogP contribution in [-0.2, 0) is 13.0 Å². The van der Waals surface area contributed by atoms with Crippen molar-refractivity contribution in [3.05, 3.63) is 42.2 Å². The Morgan fingerprint density at radius 1 is 1.26 bits per heavy atom. The molecule has 2 aromatic rings. The number of aromatic nitrogens is 2. The van der Waals surface area contributed by atoms with E-state index in [2.05, 4.69) is 52.5 Å². The van der Waals surface area contributed by atoms with Gasteiger partial charge < -0.3 is 5.32 Å². The lowest BCUT2D eigenvalue weighted by molar-refractivity contribution is 0.476. The fourth-order valence-electron chi connectivity index (χ4n) is 2.68. The lowest BCUT2D eigenvalue weighted by atomic mass is 10.1. The van der Waals surface area contributed by atoms with Crippen LogP contribution in [0.1, 0.15) is 25.3 Å². The van der Waals surface area contributed by atoms with Gasteiger partial charge >= 0.3 is 0 Å². The molecular formula is C16H21N3. The first-order valence-corrected chi connectivity index (χ1v) is 7.20. The smallest absolute Gasteiger partial charge is 0.0568 e. The second-order valence-corrected chi connectivity index (χ2v) is 5.29. The third-order valence-corrected chi connectivity index (χ3v) is 3.90. The summed E-state index contributed by atoms with van der Waals surface area (Å²) >= 11 is 0. The molecule has 1 unspecified atom stereocenters. The quantitative estimate of drug-likeness (QED) is 0.910. The molecule has 2 heterocycles. The Morgan fingerprint density at radius 2 is 2.11 bits per heavy atom. The predicted molar refractivity (Wildman–Crippen MR) is 78.1 cm³/mol. The summed E-state index contributed by atoms with van der Waals surface area (Å²) in [6.07, 6.45) is 7.77. The molecule has 0 aliphatic carbocycles. The summed E-state index contributed by atoms with van der Waals surface area (Å²) in [6, 6.07) is 9.37. The molecular weight excluding hydrogens is 234 g/mol. The van der Waals surface area contributed by atoms with Crippen LogP contribution in [0.15, 0.2) is 36.7 Å².